The Morgan fingerprint density at radius 3 is 2.40 bits per heavy atom. The van der Waals surface area contributed by atoms with Crippen molar-refractivity contribution in [3.63, 3.8) is 0 Å². The Labute approximate surface area is 250 Å². The molecule has 4 heterocycles. The van der Waals surface area contributed by atoms with Gasteiger partial charge in [0.1, 0.15) is 10.8 Å². The smallest absolute Gasteiger partial charge is 0.229 e. The third-order valence-corrected chi connectivity index (χ3v) is 8.61. The van der Waals surface area contributed by atoms with Crippen LogP contribution in [0.2, 0.25) is 5.02 Å². The number of rotatable bonds is 8. The molecule has 0 unspecified atom stereocenters. The summed E-state index contributed by atoms with van der Waals surface area (Å²) in [4.78, 5) is 20.5. The molecule has 0 bridgehead atoms. The molecule has 2 N–H and O–H groups in total. The highest BCUT2D eigenvalue weighted by atomic mass is 35.5. The first-order chi connectivity index (χ1) is 20.4. The highest BCUT2D eigenvalue weighted by Crippen LogP contribution is 2.41. The molecule has 0 spiro atoms. The average molecular weight is 604 g/mol. The Morgan fingerprint density at radius 2 is 1.71 bits per heavy atom. The lowest BCUT2D eigenvalue weighted by molar-refractivity contribution is 0.122. The van der Waals surface area contributed by atoms with E-state index in [1.807, 2.05) is 37.6 Å². The summed E-state index contributed by atoms with van der Waals surface area (Å²) in [6.45, 7) is 7.31. The molecule has 0 saturated carbocycles. The van der Waals surface area contributed by atoms with Gasteiger partial charge >= 0.3 is 0 Å². The van der Waals surface area contributed by atoms with Crippen LogP contribution in [-0.2, 0) is 11.8 Å². The zero-order valence-electron chi connectivity index (χ0n) is 23.8. The van der Waals surface area contributed by atoms with E-state index in [9.17, 15) is 0 Å². The van der Waals surface area contributed by atoms with E-state index in [1.165, 1.54) is 0 Å². The summed E-state index contributed by atoms with van der Waals surface area (Å²) >= 11 is 6.58. The number of nitrogens with zero attached hydrogens (tertiary/aromatic N) is 7. The summed E-state index contributed by atoms with van der Waals surface area (Å²) in [6, 6.07) is 8.15. The summed E-state index contributed by atoms with van der Waals surface area (Å²) in [7, 11) is 3.11. The Morgan fingerprint density at radius 1 is 0.952 bits per heavy atom. The van der Waals surface area contributed by atoms with Gasteiger partial charge in [0.05, 0.1) is 49.4 Å². The maximum absolute atomic E-state index is 6.58. The van der Waals surface area contributed by atoms with Crippen molar-refractivity contribution >= 4 is 64.7 Å². The minimum absolute atomic E-state index is 0.369. The fourth-order valence-electron chi connectivity index (χ4n) is 4.93. The van der Waals surface area contributed by atoms with Crippen molar-refractivity contribution in [1.29, 1.82) is 0 Å². The van der Waals surface area contributed by atoms with Gasteiger partial charge in [0.2, 0.25) is 5.95 Å². The second-order valence-electron chi connectivity index (χ2n) is 10.0. The number of fused-ring (bicyclic) bond motifs is 1. The van der Waals surface area contributed by atoms with Crippen LogP contribution in [0.15, 0.2) is 55.2 Å². The lowest BCUT2D eigenvalue weighted by Crippen LogP contribution is -2.36. The van der Waals surface area contributed by atoms with Crippen molar-refractivity contribution in [1.82, 2.24) is 29.7 Å². The summed E-state index contributed by atoms with van der Waals surface area (Å²) in [5, 5.41) is 12.7. The molecule has 0 amide bonds. The third kappa shape index (κ3) is 5.81. The number of aromatic nitrogens is 6. The number of nitrogens with one attached hydrogen (secondary N) is 2. The van der Waals surface area contributed by atoms with Crippen LogP contribution in [-0.4, -0.2) is 76.5 Å². The largest absolute Gasteiger partial charge is 0.494 e. The number of anilines is 5. The number of aryl methyl sites for hydroxylation is 1. The summed E-state index contributed by atoms with van der Waals surface area (Å²) in [6.07, 6.45) is 8.82. The van der Waals surface area contributed by atoms with Crippen molar-refractivity contribution in [2.24, 2.45) is 7.05 Å². The van der Waals surface area contributed by atoms with Gasteiger partial charge in [-0.05, 0) is 31.5 Å². The van der Waals surface area contributed by atoms with Crippen molar-refractivity contribution in [2.75, 3.05) is 62.3 Å². The quantitative estimate of drug-likeness (QED) is 0.230. The first kappa shape index (κ1) is 28.1. The average Bonchev–Trinajstić information content (AvgIpc) is 3.44. The third-order valence-electron chi connectivity index (χ3n) is 7.00. The van der Waals surface area contributed by atoms with E-state index in [0.29, 0.717) is 41.4 Å². The molecule has 11 nitrogen and oxygen atoms in total. The second kappa shape index (κ2) is 12.1. The first-order valence-electron chi connectivity index (χ1n) is 13.4. The Hall–Kier alpha value is -4.05. The predicted octanol–water partition coefficient (Wildman–Crippen LogP) is 5.17. The number of ether oxygens (including phenoxy) is 2. The van der Waals surface area contributed by atoms with Gasteiger partial charge in [-0.2, -0.15) is 10.1 Å². The number of halogens is 1. The van der Waals surface area contributed by atoms with Crippen LogP contribution in [0, 0.1) is 0 Å². The van der Waals surface area contributed by atoms with Crippen molar-refractivity contribution in [2.45, 2.75) is 0 Å². The van der Waals surface area contributed by atoms with Gasteiger partial charge in [-0.3, -0.25) is 14.6 Å². The van der Waals surface area contributed by atoms with Gasteiger partial charge in [-0.15, -0.1) is 0 Å². The molecule has 0 aliphatic carbocycles. The molecule has 0 atom stereocenters. The topological polar surface area (TPSA) is 115 Å². The van der Waals surface area contributed by atoms with E-state index in [4.69, 9.17) is 26.1 Å². The molecule has 1 aliphatic heterocycles. The molecular formula is C29H31ClN9O2P. The van der Waals surface area contributed by atoms with E-state index in [2.05, 4.69) is 55.0 Å². The molecular weight excluding hydrogens is 573 g/mol. The van der Waals surface area contributed by atoms with E-state index < -0.39 is 7.92 Å². The number of benzene rings is 2. The fourth-order valence-corrected chi connectivity index (χ4v) is 6.05. The van der Waals surface area contributed by atoms with Gasteiger partial charge in [0.15, 0.2) is 5.82 Å². The van der Waals surface area contributed by atoms with Gasteiger partial charge in [-0.25, -0.2) is 4.98 Å². The van der Waals surface area contributed by atoms with E-state index in [-0.39, 0.29) is 0 Å². The Bertz CT molecular complexity index is 1740. The van der Waals surface area contributed by atoms with Gasteiger partial charge in [0, 0.05) is 72.6 Å². The first-order valence-corrected chi connectivity index (χ1v) is 16.0. The summed E-state index contributed by atoms with van der Waals surface area (Å²) in [5.41, 5.74) is 6.30. The molecule has 1 fully saturated rings. The molecule has 5 aromatic rings. The van der Waals surface area contributed by atoms with E-state index in [0.717, 1.165) is 51.9 Å². The molecule has 2 aromatic carbocycles. The molecule has 42 heavy (non-hydrogen) atoms. The van der Waals surface area contributed by atoms with Crippen LogP contribution in [0.4, 0.5) is 28.8 Å². The Kier molecular flexibility index (Phi) is 8.06. The minimum Gasteiger partial charge on any atom is -0.494 e. The van der Waals surface area contributed by atoms with Crippen molar-refractivity contribution in [3.05, 3.63) is 60.3 Å². The highest BCUT2D eigenvalue weighted by Gasteiger charge is 2.21. The lowest BCUT2D eigenvalue weighted by atomic mass is 10.0. The van der Waals surface area contributed by atoms with E-state index >= 15 is 0 Å². The molecule has 3 aromatic heterocycles. The number of hydrogen-bond donors (Lipinski definition) is 2. The van der Waals surface area contributed by atoms with E-state index in [1.54, 1.807) is 30.4 Å². The van der Waals surface area contributed by atoms with Crippen LogP contribution in [0.5, 0.6) is 5.75 Å². The predicted molar refractivity (Wildman–Crippen MR) is 170 cm³/mol. The lowest BCUT2D eigenvalue weighted by Gasteiger charge is -2.31. The summed E-state index contributed by atoms with van der Waals surface area (Å²) in [5.74, 6) is 1.51. The van der Waals surface area contributed by atoms with Crippen LogP contribution in [0.25, 0.3) is 22.2 Å². The van der Waals surface area contributed by atoms with Crippen molar-refractivity contribution in [3.8, 4) is 16.9 Å². The molecule has 13 heteroatoms. The van der Waals surface area contributed by atoms with Gasteiger partial charge in [0.25, 0.3) is 0 Å². The monoisotopic (exact) mass is 603 g/mol. The fraction of sp³-hybridized carbons (Fsp3) is 0.276. The number of hydrogen-bond acceptors (Lipinski definition) is 10. The zero-order valence-corrected chi connectivity index (χ0v) is 25.4. The standard InChI is InChI=1S/C29H31ClN9O2P/c1-38-17-18(15-34-38)19-11-23(26(40-2)14-25(19)39-7-9-41-10-8-39)36-29-33-16-20(30)28(37-29)35-24-12-21-22(32-6-5-31-21)13-27(24)42(3)4/h5-6,11-17H,7-10H2,1-4H3,(H2,33,35,36,37). The minimum atomic E-state index is -0.450. The number of morpholine rings is 1. The maximum atomic E-state index is 6.58. The number of methoxy groups -OCH3 is 1. The highest BCUT2D eigenvalue weighted by molar-refractivity contribution is 7.64. The zero-order chi connectivity index (χ0) is 29.2. The molecule has 6 rings (SSSR count). The molecule has 0 radical (unpaired) electrons. The van der Waals surface area contributed by atoms with Gasteiger partial charge in [-0.1, -0.05) is 19.5 Å². The molecule has 1 aliphatic rings. The molecule has 1 saturated heterocycles. The second-order valence-corrected chi connectivity index (χ2v) is 12.7. The Balaban J connectivity index is 1.36. The van der Waals surface area contributed by atoms with Crippen LogP contribution >= 0.6 is 19.5 Å². The van der Waals surface area contributed by atoms with Crippen molar-refractivity contribution < 1.29 is 9.47 Å². The van der Waals surface area contributed by atoms with Crippen LogP contribution < -0.4 is 25.6 Å². The normalized spacial score (nSPS) is 13.5. The maximum Gasteiger partial charge on any atom is 0.229 e. The summed E-state index contributed by atoms with van der Waals surface area (Å²) < 4.78 is 13.2. The van der Waals surface area contributed by atoms with Crippen LogP contribution in [0.3, 0.4) is 0 Å². The van der Waals surface area contributed by atoms with Crippen LogP contribution in [0.1, 0.15) is 0 Å². The van der Waals surface area contributed by atoms with Gasteiger partial charge < -0.3 is 25.0 Å². The molecule has 216 valence electrons. The SMILES string of the molecule is COc1cc(N2CCOCC2)c(-c2cnn(C)c2)cc1Nc1ncc(Cl)c(Nc2cc3nccnc3cc2P(C)C)n1.